The second kappa shape index (κ2) is 15.4. The highest BCUT2D eigenvalue weighted by molar-refractivity contribution is 6.12. The minimum absolute atomic E-state index is 0.0631. The largest absolute Gasteiger partial charge is 0.848 e. The van der Waals surface area contributed by atoms with Crippen molar-refractivity contribution in [3.63, 3.8) is 0 Å². The number of nitrogens with zero attached hydrogens (tertiary/aromatic N) is 2. The number of Topliss-reactive ketones (excluding diaryl/α,β-unsaturated/α-hetero) is 1. The number of methoxy groups -OCH3 is 2. The maximum Gasteiger partial charge on any atom is 0.208 e. The van der Waals surface area contributed by atoms with Gasteiger partial charge >= 0.3 is 0 Å². The molecule has 0 spiro atoms. The SMILES string of the molecule is CCC(C[N+](=C1C=CC(=C2C(=O)C(c3ccc(N(c4ccc(C)cc4C)C4CCCCC4OC)cc3)C2[O-])C=C1)c1ccc(C)cc1C)OC. The summed E-state index contributed by atoms with van der Waals surface area (Å²) in [5.74, 6) is -0.770. The van der Waals surface area contributed by atoms with Crippen LogP contribution in [-0.4, -0.2) is 61.2 Å². The first-order valence-corrected chi connectivity index (χ1v) is 18.2. The summed E-state index contributed by atoms with van der Waals surface area (Å²) in [6.07, 6.45) is 12.3. The average Bonchev–Trinajstić information content (AvgIpc) is 3.12. The Morgan fingerprint density at radius 1 is 0.860 bits per heavy atom. The molecule has 2 saturated carbocycles. The Labute approximate surface area is 298 Å². The van der Waals surface area contributed by atoms with Gasteiger partial charge in [0.15, 0.2) is 12.3 Å². The number of hydrogen-bond acceptors (Lipinski definition) is 5. The van der Waals surface area contributed by atoms with Crippen LogP contribution >= 0.6 is 0 Å². The van der Waals surface area contributed by atoms with Gasteiger partial charge in [0.25, 0.3) is 0 Å². The van der Waals surface area contributed by atoms with Gasteiger partial charge in [-0.25, -0.2) is 0 Å². The number of carbonyl (C=O) groups is 1. The van der Waals surface area contributed by atoms with Crippen molar-refractivity contribution in [3.05, 3.63) is 124 Å². The lowest BCUT2D eigenvalue weighted by atomic mass is 9.69. The summed E-state index contributed by atoms with van der Waals surface area (Å²) in [6, 6.07) is 21.4. The van der Waals surface area contributed by atoms with Crippen molar-refractivity contribution < 1.29 is 24.0 Å². The second-order valence-electron chi connectivity index (χ2n) is 14.3. The van der Waals surface area contributed by atoms with E-state index in [2.05, 4.69) is 92.6 Å². The Balaban J connectivity index is 1.26. The van der Waals surface area contributed by atoms with E-state index < -0.39 is 12.0 Å². The van der Waals surface area contributed by atoms with Crippen LogP contribution in [0.5, 0.6) is 0 Å². The van der Waals surface area contributed by atoms with Gasteiger partial charge in [-0.15, -0.1) is 0 Å². The van der Waals surface area contributed by atoms with Crippen molar-refractivity contribution in [1.82, 2.24) is 0 Å². The van der Waals surface area contributed by atoms with Crippen molar-refractivity contribution in [3.8, 4) is 0 Å². The monoisotopic (exact) mass is 672 g/mol. The average molecular weight is 673 g/mol. The summed E-state index contributed by atoms with van der Waals surface area (Å²) in [5, 5.41) is 13.7. The zero-order chi connectivity index (χ0) is 35.5. The molecule has 0 saturated heterocycles. The van der Waals surface area contributed by atoms with Crippen LogP contribution in [-0.2, 0) is 14.3 Å². The van der Waals surface area contributed by atoms with Gasteiger partial charge in [-0.2, -0.15) is 4.58 Å². The molecular weight excluding hydrogens is 620 g/mol. The highest BCUT2D eigenvalue weighted by atomic mass is 16.5. The van der Waals surface area contributed by atoms with E-state index in [1.807, 2.05) is 43.5 Å². The van der Waals surface area contributed by atoms with Gasteiger partial charge in [0.1, 0.15) is 6.10 Å². The number of benzene rings is 3. The molecule has 3 aliphatic rings. The predicted octanol–water partition coefficient (Wildman–Crippen LogP) is 8.04. The Morgan fingerprint density at radius 3 is 2.12 bits per heavy atom. The first-order chi connectivity index (χ1) is 24.1. The number of rotatable bonds is 10. The lowest BCUT2D eigenvalue weighted by Crippen LogP contribution is -2.52. The van der Waals surface area contributed by atoms with Crippen molar-refractivity contribution in [2.75, 3.05) is 25.7 Å². The zero-order valence-corrected chi connectivity index (χ0v) is 30.7. The molecule has 0 heterocycles. The predicted molar refractivity (Wildman–Crippen MR) is 201 cm³/mol. The van der Waals surface area contributed by atoms with E-state index in [1.165, 1.54) is 34.4 Å². The Kier molecular flexibility index (Phi) is 11.0. The van der Waals surface area contributed by atoms with Gasteiger partial charge in [0.2, 0.25) is 11.4 Å². The molecule has 0 aromatic heterocycles. The fourth-order valence-electron chi connectivity index (χ4n) is 8.07. The molecule has 6 rings (SSSR count). The molecule has 262 valence electrons. The van der Waals surface area contributed by atoms with E-state index in [4.69, 9.17) is 9.47 Å². The molecule has 3 aromatic carbocycles. The quantitative estimate of drug-likeness (QED) is 0.161. The van der Waals surface area contributed by atoms with Gasteiger partial charge in [-0.1, -0.05) is 67.3 Å². The maximum atomic E-state index is 13.7. The van der Waals surface area contributed by atoms with E-state index in [0.717, 1.165) is 48.3 Å². The minimum Gasteiger partial charge on any atom is -0.848 e. The number of carbonyl (C=O) groups excluding carboxylic acids is 1. The first-order valence-electron chi connectivity index (χ1n) is 18.2. The lowest BCUT2D eigenvalue weighted by Gasteiger charge is -2.45. The molecule has 6 nitrogen and oxygen atoms in total. The summed E-state index contributed by atoms with van der Waals surface area (Å²) in [7, 11) is 3.57. The maximum absolute atomic E-state index is 13.7. The van der Waals surface area contributed by atoms with Gasteiger partial charge in [-0.3, -0.25) is 4.79 Å². The number of allylic oxidation sites excluding steroid dienone is 5. The minimum atomic E-state index is -1.11. The number of hydrogen-bond donors (Lipinski definition) is 0. The van der Waals surface area contributed by atoms with Crippen LogP contribution in [0.3, 0.4) is 0 Å². The fourth-order valence-corrected chi connectivity index (χ4v) is 8.07. The Morgan fingerprint density at radius 2 is 1.52 bits per heavy atom. The molecule has 6 heteroatoms. The smallest absolute Gasteiger partial charge is 0.208 e. The third-order valence-corrected chi connectivity index (χ3v) is 10.9. The lowest BCUT2D eigenvalue weighted by molar-refractivity contribution is -0.452. The molecule has 0 amide bonds. The summed E-state index contributed by atoms with van der Waals surface area (Å²) in [5.41, 5.74) is 11.0. The molecule has 5 atom stereocenters. The van der Waals surface area contributed by atoms with Crippen molar-refractivity contribution in [1.29, 1.82) is 0 Å². The van der Waals surface area contributed by atoms with Crippen molar-refractivity contribution in [2.45, 2.75) is 97.0 Å². The van der Waals surface area contributed by atoms with Crippen LogP contribution in [0.4, 0.5) is 17.1 Å². The molecule has 3 aromatic rings. The van der Waals surface area contributed by atoms with Crippen LogP contribution in [0.2, 0.25) is 0 Å². The Hall–Kier alpha value is -4.10. The fraction of sp³-hybridized carbons (Fsp3) is 0.409. The summed E-state index contributed by atoms with van der Waals surface area (Å²) >= 11 is 0. The highest BCUT2D eigenvalue weighted by Gasteiger charge is 2.40. The summed E-state index contributed by atoms with van der Waals surface area (Å²) in [6.45, 7) is 11.3. The van der Waals surface area contributed by atoms with E-state index >= 15 is 0 Å². The standard InChI is InChI=1S/C44H52N2O4/c1-8-36(49-6)27-45(37-23-13-28(2)25-30(37)4)34-19-15-32(16-20-34)41-43(47)42(44(41)48)33-17-21-35(22-18-33)46(38-24-14-29(3)26-31(38)5)39-11-9-10-12-40(39)50-7/h13-26,36,39-40,42-43H,8-12,27H2,1-7H3. The third-order valence-electron chi connectivity index (χ3n) is 10.9. The molecule has 3 aliphatic carbocycles. The van der Waals surface area contributed by atoms with Crippen LogP contribution in [0.15, 0.2) is 96.1 Å². The second-order valence-corrected chi connectivity index (χ2v) is 14.3. The molecular formula is C44H52N2O4. The highest BCUT2D eigenvalue weighted by Crippen LogP contribution is 2.42. The number of ketones is 1. The van der Waals surface area contributed by atoms with Gasteiger partial charge < -0.3 is 19.5 Å². The van der Waals surface area contributed by atoms with Crippen LogP contribution in [0, 0.1) is 27.7 Å². The first kappa shape index (κ1) is 35.7. The van der Waals surface area contributed by atoms with E-state index in [0.29, 0.717) is 17.7 Å². The van der Waals surface area contributed by atoms with Crippen LogP contribution in [0.25, 0.3) is 0 Å². The van der Waals surface area contributed by atoms with E-state index in [-0.39, 0.29) is 24.0 Å². The number of anilines is 2. The topological polar surface area (TPSA) is 64.8 Å². The molecule has 5 unspecified atom stereocenters. The molecule has 2 fully saturated rings. The Bertz CT molecular complexity index is 1830. The zero-order valence-electron chi connectivity index (χ0n) is 30.7. The molecule has 0 bridgehead atoms. The summed E-state index contributed by atoms with van der Waals surface area (Å²) in [4.78, 5) is 16.1. The van der Waals surface area contributed by atoms with Crippen molar-refractivity contribution in [2.24, 2.45) is 0 Å². The molecule has 0 aliphatic heterocycles. The van der Waals surface area contributed by atoms with Gasteiger partial charge in [0.05, 0.1) is 12.1 Å². The molecule has 0 radical (unpaired) electrons. The van der Waals surface area contributed by atoms with Gasteiger partial charge in [-0.05, 0) is 106 Å². The number of ether oxygens (including phenoxy) is 2. The molecule has 50 heavy (non-hydrogen) atoms. The third kappa shape index (κ3) is 7.07. The van der Waals surface area contributed by atoms with Crippen LogP contribution in [0.1, 0.15) is 72.8 Å². The van der Waals surface area contributed by atoms with E-state index in [9.17, 15) is 9.90 Å². The summed E-state index contributed by atoms with van der Waals surface area (Å²) < 4.78 is 14.0. The molecule has 0 N–H and O–H groups in total. The van der Waals surface area contributed by atoms with Gasteiger partial charge in [0, 0.05) is 55.3 Å². The van der Waals surface area contributed by atoms with Crippen molar-refractivity contribution >= 4 is 28.6 Å². The van der Waals surface area contributed by atoms with E-state index in [1.54, 1.807) is 7.11 Å². The van der Waals surface area contributed by atoms with Crippen LogP contribution < -0.4 is 10.0 Å². The number of aryl methyl sites for hydroxylation is 4. The normalized spacial score (nSPS) is 22.5.